The van der Waals surface area contributed by atoms with Crippen molar-refractivity contribution in [1.29, 1.82) is 0 Å². The number of carbonyl (C=O) groups is 1. The van der Waals surface area contributed by atoms with Gasteiger partial charge in [0.1, 0.15) is 0 Å². The Hall–Kier alpha value is -3.73. The summed E-state index contributed by atoms with van der Waals surface area (Å²) < 4.78 is 1.30. The molecular formula is C23H19N3O2. The molecule has 5 heteroatoms. The Bertz CT molecular complexity index is 1180. The Morgan fingerprint density at radius 3 is 2.11 bits per heavy atom. The zero-order valence-electron chi connectivity index (χ0n) is 15.4. The van der Waals surface area contributed by atoms with Crippen molar-refractivity contribution in [2.45, 2.75) is 6.54 Å². The molecule has 1 aromatic heterocycles. The summed E-state index contributed by atoms with van der Waals surface area (Å²) in [6.45, 7) is 0.458. The summed E-state index contributed by atoms with van der Waals surface area (Å²) in [5.74, 6) is -0.232. The minimum atomic E-state index is -0.246. The van der Waals surface area contributed by atoms with E-state index in [9.17, 15) is 9.59 Å². The van der Waals surface area contributed by atoms with E-state index in [-0.39, 0.29) is 17.2 Å². The van der Waals surface area contributed by atoms with Crippen LogP contribution in [0.25, 0.3) is 16.5 Å². The second-order valence-corrected chi connectivity index (χ2v) is 6.59. The molecule has 0 saturated carbocycles. The van der Waals surface area contributed by atoms with Gasteiger partial charge in [-0.3, -0.25) is 9.59 Å². The summed E-state index contributed by atoms with van der Waals surface area (Å²) >= 11 is 0. The van der Waals surface area contributed by atoms with Crippen LogP contribution in [0.4, 0.5) is 0 Å². The molecule has 5 nitrogen and oxygen atoms in total. The topological polar surface area (TPSA) is 55.2 Å². The SMILES string of the molecule is CN(Cc1ccccc1)C(=O)c1nn(-c2ccccc2)c(=O)c2ccccc12. The van der Waals surface area contributed by atoms with Crippen molar-refractivity contribution >= 4 is 16.7 Å². The molecule has 3 aromatic carbocycles. The van der Waals surface area contributed by atoms with E-state index >= 15 is 0 Å². The third-order valence-corrected chi connectivity index (χ3v) is 4.62. The predicted octanol–water partition coefficient (Wildman–Crippen LogP) is 3.66. The van der Waals surface area contributed by atoms with Crippen molar-refractivity contribution in [3.05, 3.63) is 107 Å². The van der Waals surface area contributed by atoms with E-state index in [1.54, 1.807) is 42.3 Å². The molecule has 0 saturated heterocycles. The highest BCUT2D eigenvalue weighted by Gasteiger charge is 2.20. The molecule has 1 amide bonds. The van der Waals surface area contributed by atoms with Gasteiger partial charge in [0.05, 0.1) is 11.1 Å². The molecule has 0 radical (unpaired) electrons. The van der Waals surface area contributed by atoms with E-state index in [1.807, 2.05) is 54.6 Å². The molecule has 4 rings (SSSR count). The fourth-order valence-corrected chi connectivity index (χ4v) is 3.20. The fourth-order valence-electron chi connectivity index (χ4n) is 3.20. The molecule has 1 heterocycles. The number of benzene rings is 3. The first-order chi connectivity index (χ1) is 13.6. The van der Waals surface area contributed by atoms with Gasteiger partial charge in [-0.2, -0.15) is 9.78 Å². The van der Waals surface area contributed by atoms with Crippen LogP contribution >= 0.6 is 0 Å². The fraction of sp³-hybridized carbons (Fsp3) is 0.0870. The van der Waals surface area contributed by atoms with Gasteiger partial charge in [-0.05, 0) is 23.8 Å². The van der Waals surface area contributed by atoms with E-state index in [0.717, 1.165) is 5.56 Å². The van der Waals surface area contributed by atoms with Crippen LogP contribution in [0.2, 0.25) is 0 Å². The van der Waals surface area contributed by atoms with Crippen LogP contribution in [0.1, 0.15) is 16.1 Å². The van der Waals surface area contributed by atoms with Gasteiger partial charge in [-0.15, -0.1) is 0 Å². The van der Waals surface area contributed by atoms with Crippen molar-refractivity contribution in [3.8, 4) is 5.69 Å². The third-order valence-electron chi connectivity index (χ3n) is 4.62. The number of amides is 1. The number of hydrogen-bond acceptors (Lipinski definition) is 3. The molecule has 0 bridgehead atoms. The molecule has 0 atom stereocenters. The van der Waals surface area contributed by atoms with Gasteiger partial charge in [0.15, 0.2) is 5.69 Å². The van der Waals surface area contributed by atoms with Gasteiger partial charge in [0.25, 0.3) is 11.5 Å². The Morgan fingerprint density at radius 2 is 1.43 bits per heavy atom. The highest BCUT2D eigenvalue weighted by atomic mass is 16.2. The van der Waals surface area contributed by atoms with Crippen molar-refractivity contribution in [1.82, 2.24) is 14.7 Å². The number of hydrogen-bond donors (Lipinski definition) is 0. The van der Waals surface area contributed by atoms with Gasteiger partial charge < -0.3 is 4.90 Å². The van der Waals surface area contributed by atoms with E-state index < -0.39 is 0 Å². The van der Waals surface area contributed by atoms with Gasteiger partial charge >= 0.3 is 0 Å². The standard InChI is InChI=1S/C23H19N3O2/c1-25(16-17-10-4-2-5-11-17)23(28)21-19-14-8-9-15-20(19)22(27)26(24-21)18-12-6-3-7-13-18/h2-15H,16H2,1H3. The number of rotatable bonds is 4. The van der Waals surface area contributed by atoms with Gasteiger partial charge in [-0.25, -0.2) is 0 Å². The zero-order chi connectivity index (χ0) is 19.5. The van der Waals surface area contributed by atoms with Crippen molar-refractivity contribution in [3.63, 3.8) is 0 Å². The first-order valence-corrected chi connectivity index (χ1v) is 9.02. The quantitative estimate of drug-likeness (QED) is 0.552. The van der Waals surface area contributed by atoms with Crippen LogP contribution in [0.3, 0.4) is 0 Å². The number of carbonyl (C=O) groups excluding carboxylic acids is 1. The molecule has 138 valence electrons. The minimum Gasteiger partial charge on any atom is -0.336 e. The van der Waals surface area contributed by atoms with E-state index in [0.29, 0.717) is 23.0 Å². The lowest BCUT2D eigenvalue weighted by molar-refractivity contribution is 0.0779. The molecule has 0 fully saturated rings. The van der Waals surface area contributed by atoms with Crippen LogP contribution in [0, 0.1) is 0 Å². The molecule has 0 N–H and O–H groups in total. The largest absolute Gasteiger partial charge is 0.336 e. The normalized spacial score (nSPS) is 10.8. The summed E-state index contributed by atoms with van der Waals surface area (Å²) in [6.07, 6.45) is 0. The molecule has 0 aliphatic rings. The average molecular weight is 369 g/mol. The first kappa shape index (κ1) is 17.7. The van der Waals surface area contributed by atoms with Crippen molar-refractivity contribution < 1.29 is 4.79 Å². The summed E-state index contributed by atoms with van der Waals surface area (Å²) in [4.78, 5) is 27.8. The Kier molecular flexibility index (Phi) is 4.72. The number of nitrogens with zero attached hydrogens (tertiary/aromatic N) is 3. The maximum absolute atomic E-state index is 13.2. The Balaban J connectivity index is 1.83. The third kappa shape index (κ3) is 3.30. The predicted molar refractivity (Wildman–Crippen MR) is 110 cm³/mol. The highest BCUT2D eigenvalue weighted by molar-refractivity contribution is 6.04. The maximum Gasteiger partial charge on any atom is 0.279 e. The molecule has 28 heavy (non-hydrogen) atoms. The zero-order valence-corrected chi connectivity index (χ0v) is 15.4. The van der Waals surface area contributed by atoms with Crippen LogP contribution < -0.4 is 5.56 Å². The molecule has 4 aromatic rings. The molecule has 0 aliphatic carbocycles. The Morgan fingerprint density at radius 1 is 0.857 bits per heavy atom. The highest BCUT2D eigenvalue weighted by Crippen LogP contribution is 2.17. The minimum absolute atomic E-state index is 0.232. The molecule has 0 aliphatic heterocycles. The van der Waals surface area contributed by atoms with E-state index in [4.69, 9.17) is 0 Å². The molecular weight excluding hydrogens is 350 g/mol. The van der Waals surface area contributed by atoms with Gasteiger partial charge in [0.2, 0.25) is 0 Å². The summed E-state index contributed by atoms with van der Waals surface area (Å²) in [6, 6.07) is 26.0. The first-order valence-electron chi connectivity index (χ1n) is 9.02. The second-order valence-electron chi connectivity index (χ2n) is 6.59. The van der Waals surface area contributed by atoms with E-state index in [2.05, 4.69) is 5.10 Å². The van der Waals surface area contributed by atoms with Crippen molar-refractivity contribution in [2.75, 3.05) is 7.05 Å². The number of para-hydroxylation sites is 1. The average Bonchev–Trinajstić information content (AvgIpc) is 2.75. The van der Waals surface area contributed by atoms with Crippen molar-refractivity contribution in [2.24, 2.45) is 0 Å². The summed E-state index contributed by atoms with van der Waals surface area (Å²) in [5, 5.41) is 5.48. The smallest absolute Gasteiger partial charge is 0.279 e. The maximum atomic E-state index is 13.2. The lowest BCUT2D eigenvalue weighted by atomic mass is 10.1. The lowest BCUT2D eigenvalue weighted by Gasteiger charge is -2.18. The van der Waals surface area contributed by atoms with Gasteiger partial charge in [-0.1, -0.05) is 66.7 Å². The second kappa shape index (κ2) is 7.48. The number of aromatic nitrogens is 2. The van der Waals surface area contributed by atoms with Crippen LogP contribution in [-0.2, 0) is 6.54 Å². The van der Waals surface area contributed by atoms with E-state index in [1.165, 1.54) is 4.68 Å². The monoisotopic (exact) mass is 369 g/mol. The summed E-state index contributed by atoms with van der Waals surface area (Å²) in [7, 11) is 1.74. The van der Waals surface area contributed by atoms with Crippen LogP contribution in [0.5, 0.6) is 0 Å². The van der Waals surface area contributed by atoms with Crippen LogP contribution in [0.15, 0.2) is 89.7 Å². The lowest BCUT2D eigenvalue weighted by Crippen LogP contribution is -2.31. The molecule has 0 unspecified atom stereocenters. The van der Waals surface area contributed by atoms with Crippen LogP contribution in [-0.4, -0.2) is 27.6 Å². The molecule has 0 spiro atoms. The number of fused-ring (bicyclic) bond motifs is 1. The summed E-state index contributed by atoms with van der Waals surface area (Å²) in [5.41, 5.74) is 1.67. The van der Waals surface area contributed by atoms with Gasteiger partial charge in [0, 0.05) is 19.0 Å². The Labute approximate surface area is 162 Å².